The second-order valence-corrected chi connectivity index (χ2v) is 6.39. The maximum Gasteiger partial charge on any atom is 0.123 e. The van der Waals surface area contributed by atoms with Gasteiger partial charge in [-0.15, -0.1) is 16.4 Å². The first-order valence-corrected chi connectivity index (χ1v) is 8.59. The molecule has 0 unspecified atom stereocenters. The second kappa shape index (κ2) is 7.03. The van der Waals surface area contributed by atoms with E-state index in [4.69, 9.17) is 16.6 Å². The van der Waals surface area contributed by atoms with Crippen LogP contribution in [-0.4, -0.2) is 20.0 Å². The number of hydrogen-bond donors (Lipinski definition) is 0. The summed E-state index contributed by atoms with van der Waals surface area (Å²) in [4.78, 5) is 4.70. The number of aryl methyl sites for hydroxylation is 3. The summed E-state index contributed by atoms with van der Waals surface area (Å²) in [6, 6.07) is 7.79. The molecule has 3 rings (SSSR count). The van der Waals surface area contributed by atoms with E-state index in [2.05, 4.69) is 22.6 Å². The molecule has 114 valence electrons. The normalized spacial score (nSPS) is 11.0. The molecule has 0 aliphatic carbocycles. The summed E-state index contributed by atoms with van der Waals surface area (Å²) in [7, 11) is 0. The number of rotatable bonds is 6. The first kappa shape index (κ1) is 15.2. The highest BCUT2D eigenvalue weighted by Gasteiger charge is 2.07. The molecule has 22 heavy (non-hydrogen) atoms. The Balaban J connectivity index is 1.67. The Labute approximate surface area is 138 Å². The van der Waals surface area contributed by atoms with E-state index >= 15 is 0 Å². The summed E-state index contributed by atoms with van der Waals surface area (Å²) in [5.74, 6) is 0. The van der Waals surface area contributed by atoms with Gasteiger partial charge in [0.1, 0.15) is 5.01 Å². The van der Waals surface area contributed by atoms with Gasteiger partial charge < -0.3 is 0 Å². The van der Waals surface area contributed by atoms with E-state index in [9.17, 15) is 0 Å². The summed E-state index contributed by atoms with van der Waals surface area (Å²) in [6.07, 6.45) is 4.83. The van der Waals surface area contributed by atoms with Crippen molar-refractivity contribution in [1.29, 1.82) is 0 Å². The molecule has 0 bridgehead atoms. The van der Waals surface area contributed by atoms with Gasteiger partial charge in [-0.1, -0.05) is 42.3 Å². The average Bonchev–Trinajstić information content (AvgIpc) is 3.16. The van der Waals surface area contributed by atoms with Gasteiger partial charge in [0.2, 0.25) is 0 Å². The first-order chi connectivity index (χ1) is 10.8. The van der Waals surface area contributed by atoms with Crippen LogP contribution in [0.2, 0.25) is 5.02 Å². The number of halogens is 1. The van der Waals surface area contributed by atoms with E-state index < -0.39 is 0 Å². The van der Waals surface area contributed by atoms with Crippen LogP contribution < -0.4 is 0 Å². The van der Waals surface area contributed by atoms with Gasteiger partial charge in [0, 0.05) is 28.9 Å². The fourth-order valence-corrected chi connectivity index (χ4v) is 3.27. The highest BCUT2D eigenvalue weighted by molar-refractivity contribution is 7.13. The van der Waals surface area contributed by atoms with Crippen molar-refractivity contribution in [3.63, 3.8) is 0 Å². The van der Waals surface area contributed by atoms with Crippen molar-refractivity contribution < 1.29 is 0 Å². The molecule has 0 atom stereocenters. The molecule has 1 aromatic carbocycles. The maximum absolute atomic E-state index is 5.92. The molecule has 0 amide bonds. The minimum Gasteiger partial charge on any atom is -0.249 e. The molecule has 6 heteroatoms. The second-order valence-electron chi connectivity index (χ2n) is 5.10. The van der Waals surface area contributed by atoms with Crippen molar-refractivity contribution in [2.45, 2.75) is 32.7 Å². The summed E-state index contributed by atoms with van der Waals surface area (Å²) in [5.41, 5.74) is 3.39. The number of nitrogens with zero attached hydrogens (tertiary/aromatic N) is 4. The highest BCUT2D eigenvalue weighted by Crippen LogP contribution is 2.25. The lowest BCUT2D eigenvalue weighted by atomic mass is 10.2. The van der Waals surface area contributed by atoms with Crippen LogP contribution in [0.4, 0.5) is 0 Å². The van der Waals surface area contributed by atoms with Gasteiger partial charge in [0.05, 0.1) is 17.6 Å². The van der Waals surface area contributed by atoms with Gasteiger partial charge >= 0.3 is 0 Å². The summed E-state index contributed by atoms with van der Waals surface area (Å²) in [5, 5.41) is 12.0. The highest BCUT2D eigenvalue weighted by atomic mass is 35.5. The Hall–Kier alpha value is -1.72. The Kier molecular flexibility index (Phi) is 4.85. The minimum atomic E-state index is 0.746. The summed E-state index contributed by atoms with van der Waals surface area (Å²) < 4.78 is 1.98. The predicted molar refractivity (Wildman–Crippen MR) is 90.3 cm³/mol. The fraction of sp³-hybridized carbons (Fsp3) is 0.312. The lowest BCUT2D eigenvalue weighted by molar-refractivity contribution is 0.558. The van der Waals surface area contributed by atoms with Crippen molar-refractivity contribution in [1.82, 2.24) is 20.0 Å². The molecular weight excluding hydrogens is 316 g/mol. The summed E-state index contributed by atoms with van der Waals surface area (Å²) in [6.45, 7) is 2.98. The molecule has 0 radical (unpaired) electrons. The van der Waals surface area contributed by atoms with E-state index in [1.807, 2.05) is 35.1 Å². The lowest BCUT2D eigenvalue weighted by Gasteiger charge is -2.03. The third-order valence-corrected chi connectivity index (χ3v) is 4.62. The topological polar surface area (TPSA) is 43.6 Å². The van der Waals surface area contributed by atoms with E-state index in [1.165, 1.54) is 5.69 Å². The third-order valence-electron chi connectivity index (χ3n) is 3.43. The van der Waals surface area contributed by atoms with Crippen LogP contribution in [0.15, 0.2) is 35.8 Å². The zero-order valence-electron chi connectivity index (χ0n) is 12.4. The molecule has 2 aromatic heterocycles. The van der Waals surface area contributed by atoms with Crippen molar-refractivity contribution in [3.8, 4) is 10.6 Å². The SMILES string of the molecule is CCCc1cnnn1CCc1csc(-c2ccc(Cl)cc2)n1. The molecular formula is C16H17ClN4S. The molecule has 4 nitrogen and oxygen atoms in total. The Bertz CT molecular complexity index is 733. The Morgan fingerprint density at radius 2 is 2.00 bits per heavy atom. The van der Waals surface area contributed by atoms with Crippen molar-refractivity contribution in [3.05, 3.63) is 52.3 Å². The maximum atomic E-state index is 5.92. The van der Waals surface area contributed by atoms with Crippen molar-refractivity contribution in [2.24, 2.45) is 0 Å². The van der Waals surface area contributed by atoms with E-state index in [-0.39, 0.29) is 0 Å². The zero-order chi connectivity index (χ0) is 15.4. The quantitative estimate of drug-likeness (QED) is 0.677. The molecule has 0 aliphatic rings. The smallest absolute Gasteiger partial charge is 0.123 e. The lowest BCUT2D eigenvalue weighted by Crippen LogP contribution is -2.07. The van der Waals surface area contributed by atoms with Gasteiger partial charge in [-0.2, -0.15) is 0 Å². The van der Waals surface area contributed by atoms with Crippen LogP contribution in [0.3, 0.4) is 0 Å². The molecule has 3 aromatic rings. The minimum absolute atomic E-state index is 0.746. The molecule has 0 aliphatic heterocycles. The monoisotopic (exact) mass is 332 g/mol. The molecule has 0 spiro atoms. The van der Waals surface area contributed by atoms with E-state index in [0.29, 0.717) is 0 Å². The van der Waals surface area contributed by atoms with E-state index in [0.717, 1.165) is 47.1 Å². The molecule has 0 N–H and O–H groups in total. The van der Waals surface area contributed by atoms with Gasteiger partial charge in [0.25, 0.3) is 0 Å². The number of thiazole rings is 1. The first-order valence-electron chi connectivity index (χ1n) is 7.34. The van der Waals surface area contributed by atoms with Gasteiger partial charge in [0.15, 0.2) is 0 Å². The van der Waals surface area contributed by atoms with Crippen molar-refractivity contribution >= 4 is 22.9 Å². The number of hydrogen-bond acceptors (Lipinski definition) is 4. The van der Waals surface area contributed by atoms with E-state index in [1.54, 1.807) is 11.3 Å². The Morgan fingerprint density at radius 3 is 2.77 bits per heavy atom. The molecule has 2 heterocycles. The predicted octanol–water partition coefficient (Wildman–Crippen LogP) is 4.25. The van der Waals surface area contributed by atoms with Crippen LogP contribution in [0.5, 0.6) is 0 Å². The van der Waals surface area contributed by atoms with Gasteiger partial charge in [-0.05, 0) is 18.6 Å². The largest absolute Gasteiger partial charge is 0.249 e. The van der Waals surface area contributed by atoms with Crippen molar-refractivity contribution in [2.75, 3.05) is 0 Å². The van der Waals surface area contributed by atoms with Crippen LogP contribution in [0.1, 0.15) is 24.7 Å². The number of aromatic nitrogens is 4. The van der Waals surface area contributed by atoms with Gasteiger partial charge in [-0.25, -0.2) is 9.67 Å². The fourth-order valence-electron chi connectivity index (χ4n) is 2.28. The zero-order valence-corrected chi connectivity index (χ0v) is 13.9. The van der Waals surface area contributed by atoms with Crippen LogP contribution in [0, 0.1) is 0 Å². The molecule has 0 saturated carbocycles. The Morgan fingerprint density at radius 1 is 1.18 bits per heavy atom. The van der Waals surface area contributed by atoms with Crippen LogP contribution in [0.25, 0.3) is 10.6 Å². The van der Waals surface area contributed by atoms with Crippen LogP contribution >= 0.6 is 22.9 Å². The number of benzene rings is 1. The molecule has 0 saturated heterocycles. The average molecular weight is 333 g/mol. The molecule has 0 fully saturated rings. The van der Waals surface area contributed by atoms with Crippen LogP contribution in [-0.2, 0) is 19.4 Å². The summed E-state index contributed by atoms with van der Waals surface area (Å²) >= 11 is 7.58. The third kappa shape index (κ3) is 3.54. The standard InChI is InChI=1S/C16H17ClN4S/c1-2-3-15-10-18-20-21(15)9-8-14-11-22-16(19-14)12-4-6-13(17)7-5-12/h4-7,10-11H,2-3,8-9H2,1H3. The van der Waals surface area contributed by atoms with Gasteiger partial charge in [-0.3, -0.25) is 0 Å².